The third-order valence-corrected chi connectivity index (χ3v) is 6.41. The summed E-state index contributed by atoms with van der Waals surface area (Å²) in [6.45, 7) is 6.44. The average molecular weight is 442 g/mol. The Balaban J connectivity index is 1.29. The zero-order valence-electron chi connectivity index (χ0n) is 17.5. The molecule has 1 amide bonds. The molecule has 164 valence electrons. The van der Waals surface area contributed by atoms with Gasteiger partial charge in [0.05, 0.1) is 18.6 Å². The van der Waals surface area contributed by atoms with Crippen molar-refractivity contribution in [1.29, 1.82) is 0 Å². The minimum Gasteiger partial charge on any atom is -0.490 e. The van der Waals surface area contributed by atoms with E-state index in [9.17, 15) is 4.79 Å². The number of ether oxygens (including phenoxy) is 4. The molecule has 1 N–H and O–H groups in total. The van der Waals surface area contributed by atoms with E-state index in [-0.39, 0.29) is 19.1 Å². The molecule has 0 unspecified atom stereocenters. The van der Waals surface area contributed by atoms with Gasteiger partial charge in [-0.1, -0.05) is 24.8 Å². The second-order valence-corrected chi connectivity index (χ2v) is 9.01. The van der Waals surface area contributed by atoms with Crippen LogP contribution >= 0.6 is 11.8 Å². The third-order valence-electron chi connectivity index (χ3n) is 5.20. The molecule has 6 nitrogen and oxygen atoms in total. The Morgan fingerprint density at radius 2 is 1.77 bits per heavy atom. The molecule has 2 saturated heterocycles. The normalized spacial score (nSPS) is 23.5. The Morgan fingerprint density at radius 3 is 2.35 bits per heavy atom. The largest absolute Gasteiger partial charge is 0.490 e. The lowest BCUT2D eigenvalue weighted by molar-refractivity contribution is -0.226. The van der Waals surface area contributed by atoms with Crippen molar-refractivity contribution in [2.75, 3.05) is 36.6 Å². The Bertz CT molecular complexity index is 887. The maximum Gasteiger partial charge on any atom is 0.234 e. The van der Waals surface area contributed by atoms with Crippen molar-refractivity contribution in [3.8, 4) is 11.5 Å². The zero-order chi connectivity index (χ0) is 21.7. The highest BCUT2D eigenvalue weighted by molar-refractivity contribution is 8.00. The fourth-order valence-corrected chi connectivity index (χ4v) is 3.75. The lowest BCUT2D eigenvalue weighted by Crippen LogP contribution is -2.45. The molecule has 0 bridgehead atoms. The van der Waals surface area contributed by atoms with Crippen LogP contribution < -0.4 is 14.8 Å². The number of anilines is 1. The number of carbonyl (C=O) groups excluding carboxylic acids is 1. The fraction of sp³-hybridized carbons (Fsp3) is 0.375. The first kappa shape index (κ1) is 21.7. The van der Waals surface area contributed by atoms with Crippen LogP contribution in [0.5, 0.6) is 11.5 Å². The van der Waals surface area contributed by atoms with E-state index in [1.165, 1.54) is 0 Å². The molecule has 0 aromatic heterocycles. The predicted molar refractivity (Wildman–Crippen MR) is 122 cm³/mol. The Kier molecular flexibility index (Phi) is 6.85. The molecule has 4 rings (SSSR count). The van der Waals surface area contributed by atoms with E-state index >= 15 is 0 Å². The van der Waals surface area contributed by atoms with Gasteiger partial charge in [0.15, 0.2) is 6.29 Å². The fourth-order valence-electron chi connectivity index (χ4n) is 3.18. The molecule has 0 spiro atoms. The van der Waals surface area contributed by atoms with E-state index < -0.39 is 11.7 Å². The van der Waals surface area contributed by atoms with Crippen molar-refractivity contribution in [1.82, 2.24) is 0 Å². The number of amides is 1. The lowest BCUT2D eigenvalue weighted by Gasteiger charge is -2.36. The van der Waals surface area contributed by atoms with E-state index in [4.69, 9.17) is 18.9 Å². The first-order valence-electron chi connectivity index (χ1n) is 10.3. The van der Waals surface area contributed by atoms with Gasteiger partial charge in [0.1, 0.15) is 24.2 Å². The van der Waals surface area contributed by atoms with Gasteiger partial charge in [0, 0.05) is 22.8 Å². The highest BCUT2D eigenvalue weighted by Crippen LogP contribution is 2.34. The van der Waals surface area contributed by atoms with Crippen LogP contribution in [0.3, 0.4) is 0 Å². The number of thioether (sulfide) groups is 1. The third kappa shape index (κ3) is 5.42. The second kappa shape index (κ2) is 9.77. The van der Waals surface area contributed by atoms with E-state index in [0.29, 0.717) is 18.4 Å². The van der Waals surface area contributed by atoms with Crippen LogP contribution in [-0.4, -0.2) is 43.3 Å². The number of rotatable bonds is 8. The van der Waals surface area contributed by atoms with Crippen molar-refractivity contribution in [2.24, 2.45) is 5.41 Å². The summed E-state index contributed by atoms with van der Waals surface area (Å²) in [5.41, 5.74) is 0.826. The Hall–Kier alpha value is -2.48. The Morgan fingerprint density at radius 1 is 1.13 bits per heavy atom. The molecule has 7 heteroatoms. The summed E-state index contributed by atoms with van der Waals surface area (Å²) in [4.78, 5) is 12.8. The van der Waals surface area contributed by atoms with Crippen molar-refractivity contribution >= 4 is 23.4 Å². The summed E-state index contributed by atoms with van der Waals surface area (Å²) in [6.07, 6.45) is 1.51. The minimum atomic E-state index is -0.778. The topological polar surface area (TPSA) is 66.0 Å². The lowest BCUT2D eigenvalue weighted by atomic mass is 9.90. The molecule has 2 heterocycles. The molecule has 2 aliphatic rings. The molecule has 0 saturated carbocycles. The van der Waals surface area contributed by atoms with Gasteiger partial charge >= 0.3 is 0 Å². The van der Waals surface area contributed by atoms with Gasteiger partial charge in [-0.15, -0.1) is 0 Å². The van der Waals surface area contributed by atoms with Crippen molar-refractivity contribution in [2.45, 2.75) is 19.3 Å². The monoisotopic (exact) mass is 441 g/mol. The standard InChI is InChI=1S/C24H27NO5S/c1-3-12-27-19-10-6-18(7-11-19)25-23(26)24(2)15-28-22(29-16-24)17-4-8-20(9-5-17)30-21-13-31-14-21/h3-11,21-22H,1,12-16H2,2H3,(H,25,26). The van der Waals surface area contributed by atoms with Crippen LogP contribution in [0.25, 0.3) is 0 Å². The van der Waals surface area contributed by atoms with Crippen LogP contribution in [0, 0.1) is 5.41 Å². The number of carbonyl (C=O) groups is 1. The van der Waals surface area contributed by atoms with E-state index in [1.54, 1.807) is 18.2 Å². The number of nitrogens with one attached hydrogen (secondary N) is 1. The van der Waals surface area contributed by atoms with Crippen LogP contribution in [0.1, 0.15) is 18.8 Å². The van der Waals surface area contributed by atoms with E-state index in [0.717, 1.165) is 28.6 Å². The van der Waals surface area contributed by atoms with Crippen molar-refractivity contribution in [3.63, 3.8) is 0 Å². The number of hydrogen-bond acceptors (Lipinski definition) is 6. The van der Waals surface area contributed by atoms with Gasteiger partial charge in [-0.2, -0.15) is 11.8 Å². The van der Waals surface area contributed by atoms with Crippen molar-refractivity contribution in [3.05, 3.63) is 66.7 Å². The van der Waals surface area contributed by atoms with Gasteiger partial charge in [-0.3, -0.25) is 4.79 Å². The summed E-state index contributed by atoms with van der Waals surface area (Å²) in [5.74, 6) is 3.52. The van der Waals surface area contributed by atoms with Crippen LogP contribution in [0.15, 0.2) is 61.2 Å². The molecule has 0 aliphatic carbocycles. The summed E-state index contributed by atoms with van der Waals surface area (Å²) in [6, 6.07) is 15.0. The van der Waals surface area contributed by atoms with Crippen molar-refractivity contribution < 1.29 is 23.7 Å². The maximum atomic E-state index is 12.8. The molecule has 2 fully saturated rings. The molecule has 31 heavy (non-hydrogen) atoms. The van der Waals surface area contributed by atoms with Crippen LogP contribution in [0.4, 0.5) is 5.69 Å². The maximum absolute atomic E-state index is 12.8. The molecule has 2 aromatic rings. The minimum absolute atomic E-state index is 0.146. The summed E-state index contributed by atoms with van der Waals surface area (Å²) in [5, 5.41) is 2.93. The number of hydrogen-bond donors (Lipinski definition) is 1. The molecule has 2 aliphatic heterocycles. The zero-order valence-corrected chi connectivity index (χ0v) is 18.4. The van der Waals surface area contributed by atoms with Gasteiger partial charge < -0.3 is 24.3 Å². The van der Waals surface area contributed by atoms with Gasteiger partial charge in [0.2, 0.25) is 5.91 Å². The van der Waals surface area contributed by atoms with Gasteiger partial charge in [-0.05, 0) is 43.3 Å². The quantitative estimate of drug-likeness (QED) is 0.611. The molecule has 0 atom stereocenters. The highest BCUT2D eigenvalue weighted by Gasteiger charge is 2.40. The smallest absolute Gasteiger partial charge is 0.234 e. The predicted octanol–water partition coefficient (Wildman–Crippen LogP) is 4.44. The second-order valence-electron chi connectivity index (χ2n) is 7.94. The summed E-state index contributed by atoms with van der Waals surface area (Å²) in [7, 11) is 0. The summed E-state index contributed by atoms with van der Waals surface area (Å²) < 4.78 is 23.1. The average Bonchev–Trinajstić information content (AvgIpc) is 2.77. The molecular formula is C24H27NO5S. The number of benzene rings is 2. The SMILES string of the molecule is C=CCOc1ccc(NC(=O)C2(C)COC(c3ccc(OC4CSC4)cc3)OC2)cc1. The first-order chi connectivity index (χ1) is 15.1. The highest BCUT2D eigenvalue weighted by atomic mass is 32.2. The van der Waals surface area contributed by atoms with Crippen LogP contribution in [0.2, 0.25) is 0 Å². The van der Waals surface area contributed by atoms with Crippen LogP contribution in [-0.2, 0) is 14.3 Å². The summed E-state index contributed by atoms with van der Waals surface area (Å²) >= 11 is 1.89. The molecule has 0 radical (unpaired) electrons. The molecule has 2 aromatic carbocycles. The molecular weight excluding hydrogens is 414 g/mol. The van der Waals surface area contributed by atoms with Gasteiger partial charge in [-0.25, -0.2) is 0 Å². The Labute approximate surface area is 186 Å². The van der Waals surface area contributed by atoms with E-state index in [1.807, 2.05) is 55.1 Å². The van der Waals surface area contributed by atoms with Gasteiger partial charge in [0.25, 0.3) is 0 Å². The first-order valence-corrected chi connectivity index (χ1v) is 11.4. The van der Waals surface area contributed by atoms with E-state index in [2.05, 4.69) is 11.9 Å².